The molecule has 13 nitrogen and oxygen atoms in total. The molecule has 3 N–H and O–H groups in total. The molecule has 0 saturated carbocycles. The van der Waals surface area contributed by atoms with Gasteiger partial charge >= 0.3 is 5.97 Å². The van der Waals surface area contributed by atoms with E-state index >= 15 is 4.39 Å². The van der Waals surface area contributed by atoms with Crippen LogP contribution in [0.3, 0.4) is 0 Å². The molecule has 3 aliphatic rings. The van der Waals surface area contributed by atoms with Crippen molar-refractivity contribution in [3.8, 4) is 11.4 Å². The van der Waals surface area contributed by atoms with E-state index in [0.29, 0.717) is 47.5 Å². The third kappa shape index (κ3) is 4.62. The Balaban J connectivity index is 1.23. The molecule has 0 fully saturated rings. The lowest BCUT2D eigenvalue weighted by Gasteiger charge is -2.31. The highest BCUT2D eigenvalue weighted by Gasteiger charge is 2.46. The van der Waals surface area contributed by atoms with Crippen LogP contribution in [0.25, 0.3) is 22.3 Å². The number of hydrogen-bond acceptors (Lipinski definition) is 10. The first-order valence-electron chi connectivity index (χ1n) is 15.3. The average Bonchev–Trinajstić information content (AvgIpc) is 3.65. The fourth-order valence-electron chi connectivity index (χ4n) is 6.98. The fourth-order valence-corrected chi connectivity index (χ4v) is 6.98. The Morgan fingerprint density at radius 1 is 1.26 bits per heavy atom. The van der Waals surface area contributed by atoms with Crippen LogP contribution >= 0.6 is 0 Å². The molecule has 0 bridgehead atoms. The van der Waals surface area contributed by atoms with Gasteiger partial charge in [-0.2, -0.15) is 0 Å². The quantitative estimate of drug-likeness (QED) is 0.161. The lowest BCUT2D eigenvalue weighted by molar-refractivity contribution is -0.172. The summed E-state index contributed by atoms with van der Waals surface area (Å²) >= 11 is 0. The molecule has 5 heterocycles. The Hall–Kier alpha value is -4.53. The molecule has 2 aliphatic heterocycles. The average molecular weight is 633 g/mol. The van der Waals surface area contributed by atoms with Crippen LogP contribution in [0.1, 0.15) is 71.3 Å². The molecule has 0 radical (unpaired) electrons. The normalized spacial score (nSPS) is 19.5. The van der Waals surface area contributed by atoms with Gasteiger partial charge in [-0.3, -0.25) is 9.59 Å². The number of carbonyl (C=O) groups is 2. The van der Waals surface area contributed by atoms with Crippen LogP contribution in [0.2, 0.25) is 0 Å². The van der Waals surface area contributed by atoms with Crippen molar-refractivity contribution in [2.75, 3.05) is 13.2 Å². The van der Waals surface area contributed by atoms with Crippen molar-refractivity contribution in [2.24, 2.45) is 0 Å². The van der Waals surface area contributed by atoms with Gasteiger partial charge in [-0.15, -0.1) is 5.10 Å². The van der Waals surface area contributed by atoms with E-state index in [9.17, 15) is 24.6 Å². The summed E-state index contributed by atoms with van der Waals surface area (Å²) in [5, 5.41) is 32.0. The Kier molecular flexibility index (Phi) is 7.45. The molecule has 4 aromatic rings. The van der Waals surface area contributed by atoms with Crippen molar-refractivity contribution in [1.29, 1.82) is 0 Å². The van der Waals surface area contributed by atoms with E-state index in [1.807, 2.05) is 0 Å². The van der Waals surface area contributed by atoms with Crippen molar-refractivity contribution in [3.63, 3.8) is 0 Å². The number of halogens is 1. The molecule has 14 heteroatoms. The number of aliphatic hydroxyl groups excluding tert-OH is 1. The molecule has 1 aliphatic carbocycles. The number of aromatic nitrogens is 5. The molecule has 2 atom stereocenters. The molecule has 3 aromatic heterocycles. The number of benzene rings is 1. The van der Waals surface area contributed by atoms with Gasteiger partial charge in [0.05, 0.1) is 73.3 Å². The van der Waals surface area contributed by atoms with E-state index < -0.39 is 23.2 Å². The van der Waals surface area contributed by atoms with Gasteiger partial charge in [0.15, 0.2) is 5.60 Å². The summed E-state index contributed by atoms with van der Waals surface area (Å²) in [5.41, 5.74) is 2.86. The third-order valence-corrected chi connectivity index (χ3v) is 9.45. The zero-order valence-electron chi connectivity index (χ0n) is 25.4. The molecule has 7 rings (SSSR count). The summed E-state index contributed by atoms with van der Waals surface area (Å²) < 4.78 is 29.1. The van der Waals surface area contributed by atoms with Gasteiger partial charge in [-0.1, -0.05) is 12.1 Å². The van der Waals surface area contributed by atoms with Crippen molar-refractivity contribution in [2.45, 2.75) is 77.5 Å². The van der Waals surface area contributed by atoms with Gasteiger partial charge in [0.25, 0.3) is 5.56 Å². The van der Waals surface area contributed by atoms with Gasteiger partial charge < -0.3 is 29.6 Å². The van der Waals surface area contributed by atoms with E-state index in [0.717, 1.165) is 22.1 Å². The first-order valence-corrected chi connectivity index (χ1v) is 15.3. The monoisotopic (exact) mass is 632 g/mol. The molecule has 46 heavy (non-hydrogen) atoms. The summed E-state index contributed by atoms with van der Waals surface area (Å²) in [6.45, 7) is 3.81. The molecule has 1 aromatic carbocycles. The third-order valence-electron chi connectivity index (χ3n) is 9.45. The minimum atomic E-state index is -1.97. The highest BCUT2D eigenvalue weighted by Crippen LogP contribution is 2.46. The Morgan fingerprint density at radius 2 is 2.09 bits per heavy atom. The minimum absolute atomic E-state index is 0.0137. The first-order chi connectivity index (χ1) is 22.2. The smallest absolute Gasteiger partial charge is 0.343 e. The number of aryl methyl sites for hydroxylation is 1. The topological polar surface area (TPSA) is 171 Å². The molecule has 0 unspecified atom stereocenters. The standard InChI is InChI=1S/C32H33FN6O7/c1-3-32(44)21-10-25-29-19(13-38(25)30(42)20(21)15-46-31(32)43)28-23(5-4-18-16(2)22(33)11-24(36-29)27(18)28)35-26(41)6-9-45-14-17-12-34-37-39(17)7-8-40/h10-12,23,40,44H,3-9,13-15H2,1-2H3,(H,35,41)/t23-,32-/m0/s1. The second kappa shape index (κ2) is 11.4. The van der Waals surface area contributed by atoms with Crippen LogP contribution in [0.15, 0.2) is 23.1 Å². The van der Waals surface area contributed by atoms with Crippen LogP contribution in [-0.2, 0) is 57.4 Å². The number of rotatable bonds is 9. The maximum Gasteiger partial charge on any atom is 0.343 e. The van der Waals surface area contributed by atoms with E-state index in [1.165, 1.54) is 10.7 Å². The highest BCUT2D eigenvalue weighted by atomic mass is 19.1. The van der Waals surface area contributed by atoms with Crippen LogP contribution in [0, 0.1) is 12.7 Å². The summed E-state index contributed by atoms with van der Waals surface area (Å²) in [6.07, 6.45) is 2.69. The maximum absolute atomic E-state index is 15.1. The maximum atomic E-state index is 15.1. The lowest BCUT2D eigenvalue weighted by Crippen LogP contribution is -2.44. The molecular weight excluding hydrogens is 599 g/mol. The van der Waals surface area contributed by atoms with E-state index in [1.54, 1.807) is 30.7 Å². The second-order valence-electron chi connectivity index (χ2n) is 11.9. The molecule has 0 spiro atoms. The highest BCUT2D eigenvalue weighted by molar-refractivity contribution is 5.94. The Morgan fingerprint density at radius 3 is 2.87 bits per heavy atom. The van der Waals surface area contributed by atoms with Gasteiger partial charge in [0, 0.05) is 29.0 Å². The predicted octanol–water partition coefficient (Wildman–Crippen LogP) is 1.82. The SMILES string of the molecule is CC[C@@]1(O)C(=O)OCc2c1cc1n(c2=O)Cc2c-1nc1cc(F)c(C)c3c1c2[C@@H](NC(=O)CCOCc1cnnn1CCO)CC3. The molecular formula is C32H33FN6O7. The lowest BCUT2D eigenvalue weighted by atomic mass is 9.81. The number of amides is 1. The number of nitrogens with one attached hydrogen (secondary N) is 1. The largest absolute Gasteiger partial charge is 0.458 e. The van der Waals surface area contributed by atoms with Crippen LogP contribution in [0.5, 0.6) is 0 Å². The summed E-state index contributed by atoms with van der Waals surface area (Å²) in [7, 11) is 0. The van der Waals surface area contributed by atoms with Gasteiger partial charge in [0.2, 0.25) is 5.91 Å². The van der Waals surface area contributed by atoms with E-state index in [4.69, 9.17) is 14.5 Å². The Bertz CT molecular complexity index is 1990. The fraction of sp³-hybridized carbons (Fsp3) is 0.438. The number of cyclic esters (lactones) is 1. The van der Waals surface area contributed by atoms with Crippen LogP contribution < -0.4 is 10.9 Å². The van der Waals surface area contributed by atoms with Crippen molar-refractivity contribution in [3.05, 3.63) is 73.6 Å². The van der Waals surface area contributed by atoms with Crippen molar-refractivity contribution < 1.29 is 33.7 Å². The minimum Gasteiger partial charge on any atom is -0.458 e. The number of ether oxygens (including phenoxy) is 2. The summed E-state index contributed by atoms with van der Waals surface area (Å²) in [6, 6.07) is 2.57. The van der Waals surface area contributed by atoms with Gasteiger partial charge in [0.1, 0.15) is 12.4 Å². The van der Waals surface area contributed by atoms with Crippen LogP contribution in [-0.4, -0.2) is 59.8 Å². The predicted molar refractivity (Wildman–Crippen MR) is 160 cm³/mol. The van der Waals surface area contributed by atoms with E-state index in [-0.39, 0.29) is 68.7 Å². The number of carbonyl (C=O) groups excluding carboxylic acids is 2. The molecule has 240 valence electrons. The summed E-state index contributed by atoms with van der Waals surface area (Å²) in [4.78, 5) is 44.4. The van der Waals surface area contributed by atoms with Crippen molar-refractivity contribution in [1.82, 2.24) is 29.9 Å². The first kappa shape index (κ1) is 30.1. The number of fused-ring (bicyclic) bond motifs is 5. The van der Waals surface area contributed by atoms with E-state index in [2.05, 4.69) is 15.6 Å². The summed E-state index contributed by atoms with van der Waals surface area (Å²) in [5.74, 6) is -1.44. The van der Waals surface area contributed by atoms with Gasteiger partial charge in [-0.25, -0.2) is 18.9 Å². The number of hydrogen-bond donors (Lipinski definition) is 3. The van der Waals surface area contributed by atoms with Crippen molar-refractivity contribution >= 4 is 22.8 Å². The Labute approximate surface area is 262 Å². The second-order valence-corrected chi connectivity index (χ2v) is 11.9. The number of aliphatic hydroxyl groups is 2. The number of esters is 1. The molecule has 1 amide bonds. The number of nitrogens with zero attached hydrogens (tertiary/aromatic N) is 5. The molecule has 0 saturated heterocycles. The zero-order chi connectivity index (χ0) is 32.3. The number of pyridine rings is 2. The van der Waals surface area contributed by atoms with Gasteiger partial charge in [-0.05, 0) is 48.9 Å². The van der Waals surface area contributed by atoms with Crippen LogP contribution in [0.4, 0.5) is 4.39 Å². The zero-order valence-corrected chi connectivity index (χ0v) is 25.4.